The predicted molar refractivity (Wildman–Crippen MR) is 115 cm³/mol. The van der Waals surface area contributed by atoms with Crippen LogP contribution in [0, 0.1) is 18.3 Å². The molecule has 0 saturated heterocycles. The van der Waals surface area contributed by atoms with Crippen LogP contribution in [0.25, 0.3) is 0 Å². The summed E-state index contributed by atoms with van der Waals surface area (Å²) in [5.74, 6) is -0.408. The van der Waals surface area contributed by atoms with E-state index in [1.54, 1.807) is 31.2 Å². The molecule has 1 heterocycles. The van der Waals surface area contributed by atoms with Gasteiger partial charge in [0.25, 0.3) is 5.56 Å². The minimum Gasteiger partial charge on any atom is -0.493 e. The first-order valence-electron chi connectivity index (χ1n) is 9.39. The van der Waals surface area contributed by atoms with Gasteiger partial charge in [-0.3, -0.25) is 9.36 Å². The van der Waals surface area contributed by atoms with Crippen LogP contribution in [0.15, 0.2) is 79.8 Å². The Kier molecular flexibility index (Phi) is 6.98. The van der Waals surface area contributed by atoms with Gasteiger partial charge in [-0.15, -0.1) is 5.11 Å². The Morgan fingerprint density at radius 3 is 2.06 bits per heavy atom. The predicted octanol–water partition coefficient (Wildman–Crippen LogP) is 5.21. The molecule has 9 nitrogen and oxygen atoms in total. The van der Waals surface area contributed by atoms with Gasteiger partial charge in [-0.25, -0.2) is 0 Å². The second kappa shape index (κ2) is 10.0. The molecule has 0 radical (unpaired) electrons. The first-order valence-corrected chi connectivity index (χ1v) is 9.39. The van der Waals surface area contributed by atoms with Gasteiger partial charge >= 0.3 is 0 Å². The van der Waals surface area contributed by atoms with E-state index in [2.05, 4.69) is 20.5 Å². The van der Waals surface area contributed by atoms with E-state index in [4.69, 9.17) is 4.74 Å². The molecule has 3 aromatic rings. The molecule has 0 aliphatic heterocycles. The number of azo groups is 2. The quantitative estimate of drug-likeness (QED) is 0.531. The fourth-order valence-electron chi connectivity index (χ4n) is 2.75. The summed E-state index contributed by atoms with van der Waals surface area (Å²) in [6, 6.07) is 18.1. The van der Waals surface area contributed by atoms with Crippen LogP contribution in [0.2, 0.25) is 0 Å². The summed E-state index contributed by atoms with van der Waals surface area (Å²) in [5.41, 5.74) is 1.54. The van der Waals surface area contributed by atoms with E-state index >= 15 is 0 Å². The van der Waals surface area contributed by atoms with E-state index in [-0.39, 0.29) is 30.0 Å². The van der Waals surface area contributed by atoms with Gasteiger partial charge in [0, 0.05) is 12.7 Å². The highest BCUT2D eigenvalue weighted by atomic mass is 16.5. The summed E-state index contributed by atoms with van der Waals surface area (Å²) in [7, 11) is 1.48. The summed E-state index contributed by atoms with van der Waals surface area (Å²) in [6.45, 7) is 1.82. The SMILES string of the molecule is COCCn1c(O)c(C#N)c(C)c(N=Nc2ccc(N=Nc3ccccc3)cc2)c1=O. The zero-order chi connectivity index (χ0) is 22.2. The van der Waals surface area contributed by atoms with Gasteiger partial charge in [-0.05, 0) is 43.3 Å². The highest BCUT2D eigenvalue weighted by Crippen LogP contribution is 2.27. The molecule has 0 unspecified atom stereocenters. The molecule has 0 bridgehead atoms. The fraction of sp³-hybridized carbons (Fsp3) is 0.182. The van der Waals surface area contributed by atoms with Crippen molar-refractivity contribution in [3.05, 3.63) is 76.1 Å². The maximum Gasteiger partial charge on any atom is 0.281 e. The largest absolute Gasteiger partial charge is 0.493 e. The normalized spacial score (nSPS) is 11.3. The number of rotatable bonds is 7. The maximum atomic E-state index is 12.7. The highest BCUT2D eigenvalue weighted by Gasteiger charge is 2.18. The van der Waals surface area contributed by atoms with Crippen molar-refractivity contribution >= 4 is 22.7 Å². The molecule has 0 atom stereocenters. The summed E-state index contributed by atoms with van der Waals surface area (Å²) in [4.78, 5) is 12.7. The third kappa shape index (κ3) is 5.07. The Hall–Kier alpha value is -4.16. The van der Waals surface area contributed by atoms with E-state index in [1.807, 2.05) is 36.4 Å². The summed E-state index contributed by atoms with van der Waals surface area (Å²) < 4.78 is 6.02. The zero-order valence-corrected chi connectivity index (χ0v) is 17.1. The summed E-state index contributed by atoms with van der Waals surface area (Å²) in [6.07, 6.45) is 0. The van der Waals surface area contributed by atoms with Crippen molar-refractivity contribution in [2.45, 2.75) is 13.5 Å². The molecule has 1 N–H and O–H groups in total. The van der Waals surface area contributed by atoms with Crippen LogP contribution in [0.4, 0.5) is 22.7 Å². The van der Waals surface area contributed by atoms with Crippen molar-refractivity contribution in [1.29, 1.82) is 5.26 Å². The number of ether oxygens (including phenoxy) is 1. The molecule has 9 heteroatoms. The number of aromatic hydroxyl groups is 1. The van der Waals surface area contributed by atoms with Gasteiger partial charge in [0.1, 0.15) is 11.6 Å². The second-order valence-corrected chi connectivity index (χ2v) is 6.49. The van der Waals surface area contributed by atoms with Crippen molar-refractivity contribution in [1.82, 2.24) is 4.57 Å². The van der Waals surface area contributed by atoms with Crippen LogP contribution in [0.1, 0.15) is 11.1 Å². The Morgan fingerprint density at radius 2 is 1.52 bits per heavy atom. The van der Waals surface area contributed by atoms with Gasteiger partial charge in [-0.1, -0.05) is 18.2 Å². The molecule has 0 spiro atoms. The number of nitrogens with zero attached hydrogens (tertiary/aromatic N) is 6. The topological polar surface area (TPSA) is 125 Å². The van der Waals surface area contributed by atoms with E-state index in [0.717, 1.165) is 10.3 Å². The molecule has 0 fully saturated rings. The second-order valence-electron chi connectivity index (χ2n) is 6.49. The van der Waals surface area contributed by atoms with E-state index < -0.39 is 11.4 Å². The lowest BCUT2D eigenvalue weighted by molar-refractivity contribution is 0.182. The Balaban J connectivity index is 1.87. The van der Waals surface area contributed by atoms with Crippen LogP contribution in [0.5, 0.6) is 5.88 Å². The monoisotopic (exact) mass is 416 g/mol. The van der Waals surface area contributed by atoms with Gasteiger partial charge < -0.3 is 9.84 Å². The van der Waals surface area contributed by atoms with Gasteiger partial charge in [0.15, 0.2) is 5.69 Å². The molecular formula is C22H20N6O3. The van der Waals surface area contributed by atoms with Crippen molar-refractivity contribution in [2.75, 3.05) is 13.7 Å². The first-order chi connectivity index (χ1) is 15.0. The van der Waals surface area contributed by atoms with E-state index in [1.165, 1.54) is 7.11 Å². The Morgan fingerprint density at radius 1 is 0.968 bits per heavy atom. The third-order valence-corrected chi connectivity index (χ3v) is 4.44. The average molecular weight is 416 g/mol. The number of pyridine rings is 1. The molecule has 3 rings (SSSR count). The molecule has 0 aliphatic rings. The Labute approximate surface area is 178 Å². The molecule has 0 amide bonds. The zero-order valence-electron chi connectivity index (χ0n) is 17.1. The molecule has 0 aliphatic carbocycles. The van der Waals surface area contributed by atoms with Crippen LogP contribution in [-0.2, 0) is 11.3 Å². The lowest BCUT2D eigenvalue weighted by atomic mass is 10.1. The van der Waals surface area contributed by atoms with Crippen LogP contribution < -0.4 is 5.56 Å². The first kappa shape index (κ1) is 21.5. The van der Waals surface area contributed by atoms with Crippen LogP contribution >= 0.6 is 0 Å². The minimum absolute atomic E-state index is 0.0155. The van der Waals surface area contributed by atoms with Crippen LogP contribution in [0.3, 0.4) is 0 Å². The van der Waals surface area contributed by atoms with Crippen molar-refractivity contribution in [3.63, 3.8) is 0 Å². The van der Waals surface area contributed by atoms with Crippen molar-refractivity contribution in [3.8, 4) is 11.9 Å². The molecule has 1 aromatic heterocycles. The van der Waals surface area contributed by atoms with Gasteiger partial charge in [-0.2, -0.15) is 20.6 Å². The molecule has 0 saturated carbocycles. The number of hydrogen-bond donors (Lipinski definition) is 1. The Bertz CT molecular complexity index is 1210. The molecule has 2 aromatic carbocycles. The molecular weight excluding hydrogens is 396 g/mol. The standard InChI is InChI=1S/C22H20N6O3/c1-15-19(14-23)21(29)28(12-13-31-2)22(30)20(15)27-26-18-10-8-17(9-11-18)25-24-16-6-4-3-5-7-16/h3-11,29H,12-13H2,1-2H3. The number of benzene rings is 2. The fourth-order valence-corrected chi connectivity index (χ4v) is 2.75. The highest BCUT2D eigenvalue weighted by molar-refractivity contribution is 5.57. The summed E-state index contributed by atoms with van der Waals surface area (Å²) >= 11 is 0. The van der Waals surface area contributed by atoms with E-state index in [9.17, 15) is 15.2 Å². The molecule has 156 valence electrons. The van der Waals surface area contributed by atoms with Crippen molar-refractivity contribution < 1.29 is 9.84 Å². The smallest absolute Gasteiger partial charge is 0.281 e. The van der Waals surface area contributed by atoms with E-state index in [0.29, 0.717) is 11.4 Å². The van der Waals surface area contributed by atoms with Crippen molar-refractivity contribution in [2.24, 2.45) is 20.5 Å². The number of nitriles is 1. The minimum atomic E-state index is -0.553. The maximum absolute atomic E-state index is 12.7. The van der Waals surface area contributed by atoms with Crippen LogP contribution in [-0.4, -0.2) is 23.4 Å². The van der Waals surface area contributed by atoms with Gasteiger partial charge in [0.05, 0.1) is 30.2 Å². The van der Waals surface area contributed by atoms with Gasteiger partial charge in [0.2, 0.25) is 5.88 Å². The average Bonchev–Trinajstić information content (AvgIpc) is 2.79. The number of hydrogen-bond acceptors (Lipinski definition) is 8. The number of aromatic nitrogens is 1. The number of methoxy groups -OCH3 is 1. The lowest BCUT2D eigenvalue weighted by Gasteiger charge is -2.12. The summed E-state index contributed by atoms with van der Waals surface area (Å²) in [5, 5.41) is 36.1. The third-order valence-electron chi connectivity index (χ3n) is 4.44. The molecule has 31 heavy (non-hydrogen) atoms. The lowest BCUT2D eigenvalue weighted by Crippen LogP contribution is -2.23.